The molecule has 0 bridgehead atoms. The average molecular weight is 255 g/mol. The molecule has 1 heterocycles. The molecule has 5 N–H and O–H groups in total. The molecule has 0 amide bonds. The molecule has 0 unspecified atom stereocenters. The third-order valence-electron chi connectivity index (χ3n) is 3.68. The average Bonchev–Trinajstić information content (AvgIpc) is 2.55. The monoisotopic (exact) mass is 255 g/mol. The van der Waals surface area contributed by atoms with Gasteiger partial charge in [0.2, 0.25) is 0 Å². The first-order valence-corrected chi connectivity index (χ1v) is 5.71. The number of hydrogen-bond donors (Lipinski definition) is 4. The summed E-state index contributed by atoms with van der Waals surface area (Å²) in [5, 5.41) is 29.2. The van der Waals surface area contributed by atoms with Crippen LogP contribution in [0, 0.1) is 5.41 Å². The van der Waals surface area contributed by atoms with Gasteiger partial charge in [0.15, 0.2) is 0 Å². The number of aliphatic hydroxyl groups is 3. The van der Waals surface area contributed by atoms with Gasteiger partial charge in [-0.15, -0.1) is 0 Å². The molecule has 1 aliphatic rings. The largest absolute Gasteiger partial charge is 0.396 e. The van der Waals surface area contributed by atoms with Gasteiger partial charge >= 0.3 is 5.69 Å². The van der Waals surface area contributed by atoms with Gasteiger partial charge in [0.1, 0.15) is 11.9 Å². The van der Waals surface area contributed by atoms with Crippen molar-refractivity contribution in [2.75, 3.05) is 12.3 Å². The summed E-state index contributed by atoms with van der Waals surface area (Å²) in [6.07, 6.45) is -0.478. The van der Waals surface area contributed by atoms with Crippen LogP contribution in [0.25, 0.3) is 0 Å². The smallest absolute Gasteiger partial charge is 0.349 e. The molecule has 0 aliphatic heterocycles. The van der Waals surface area contributed by atoms with Crippen molar-refractivity contribution in [1.82, 2.24) is 9.55 Å². The topological polar surface area (TPSA) is 122 Å². The Kier molecular flexibility index (Phi) is 3.14. The molecule has 1 fully saturated rings. The van der Waals surface area contributed by atoms with E-state index in [0.29, 0.717) is 0 Å². The van der Waals surface area contributed by atoms with Gasteiger partial charge in [0.05, 0.1) is 18.8 Å². The van der Waals surface area contributed by atoms with Crippen LogP contribution >= 0.6 is 0 Å². The van der Waals surface area contributed by atoms with E-state index in [1.807, 2.05) is 0 Å². The minimum Gasteiger partial charge on any atom is -0.396 e. The SMILES string of the molecule is C[C@]1(CO)C[C@@H](n2ccc(N)nc2=O)[C@H](O)[C@@H]1O. The number of anilines is 1. The van der Waals surface area contributed by atoms with Crippen LogP contribution in [0.5, 0.6) is 0 Å². The molecule has 1 aromatic heterocycles. The maximum absolute atomic E-state index is 11.7. The second-order valence-electron chi connectivity index (χ2n) is 5.06. The van der Waals surface area contributed by atoms with Gasteiger partial charge in [0.25, 0.3) is 0 Å². The highest BCUT2D eigenvalue weighted by atomic mass is 16.3. The quantitative estimate of drug-likeness (QED) is 0.510. The van der Waals surface area contributed by atoms with Gasteiger partial charge < -0.3 is 21.1 Å². The van der Waals surface area contributed by atoms with Crippen molar-refractivity contribution in [2.24, 2.45) is 5.41 Å². The summed E-state index contributed by atoms with van der Waals surface area (Å²) in [7, 11) is 0. The van der Waals surface area contributed by atoms with Gasteiger partial charge in [-0.25, -0.2) is 4.79 Å². The summed E-state index contributed by atoms with van der Waals surface area (Å²) < 4.78 is 1.24. The highest BCUT2D eigenvalue weighted by molar-refractivity contribution is 5.24. The molecule has 0 radical (unpaired) electrons. The van der Waals surface area contributed by atoms with Crippen molar-refractivity contribution >= 4 is 5.82 Å². The molecule has 0 saturated heterocycles. The first-order chi connectivity index (χ1) is 8.39. The third kappa shape index (κ3) is 1.90. The second kappa shape index (κ2) is 4.34. The zero-order chi connectivity index (χ0) is 13.5. The van der Waals surface area contributed by atoms with E-state index in [2.05, 4.69) is 4.98 Å². The Bertz CT molecular complexity index is 503. The van der Waals surface area contributed by atoms with Crippen LogP contribution in [-0.4, -0.2) is 43.7 Å². The molecular weight excluding hydrogens is 238 g/mol. The van der Waals surface area contributed by atoms with E-state index in [1.54, 1.807) is 6.92 Å². The van der Waals surface area contributed by atoms with Crippen LogP contribution in [0.15, 0.2) is 17.1 Å². The van der Waals surface area contributed by atoms with Crippen molar-refractivity contribution in [3.05, 3.63) is 22.7 Å². The Morgan fingerprint density at radius 2 is 2.28 bits per heavy atom. The van der Waals surface area contributed by atoms with Gasteiger partial charge in [-0.1, -0.05) is 6.92 Å². The van der Waals surface area contributed by atoms with Crippen molar-refractivity contribution in [3.8, 4) is 0 Å². The standard InChI is InChI=1S/C11H17N3O4/c1-11(5-15)4-6(8(16)9(11)17)14-3-2-7(12)13-10(14)18/h2-3,6,8-9,15-17H,4-5H2,1H3,(H2,12,13,18)/t6-,8+,9+,11-/m1/s1. The predicted octanol–water partition coefficient (Wildman–Crippen LogP) is -1.51. The van der Waals surface area contributed by atoms with Crippen molar-refractivity contribution in [3.63, 3.8) is 0 Å². The zero-order valence-electron chi connectivity index (χ0n) is 10.0. The van der Waals surface area contributed by atoms with E-state index < -0.39 is 29.4 Å². The summed E-state index contributed by atoms with van der Waals surface area (Å²) in [6.45, 7) is 1.40. The van der Waals surface area contributed by atoms with Crippen molar-refractivity contribution in [2.45, 2.75) is 31.6 Å². The number of nitrogen functional groups attached to an aromatic ring is 1. The summed E-state index contributed by atoms with van der Waals surface area (Å²) in [4.78, 5) is 15.3. The van der Waals surface area contributed by atoms with Gasteiger partial charge in [0, 0.05) is 11.6 Å². The van der Waals surface area contributed by atoms with E-state index in [4.69, 9.17) is 5.73 Å². The minimum absolute atomic E-state index is 0.106. The molecule has 1 saturated carbocycles. The fraction of sp³-hybridized carbons (Fsp3) is 0.636. The van der Waals surface area contributed by atoms with E-state index in [9.17, 15) is 20.1 Å². The van der Waals surface area contributed by atoms with Crippen LogP contribution in [-0.2, 0) is 0 Å². The molecule has 7 nitrogen and oxygen atoms in total. The number of nitrogens with zero attached hydrogens (tertiary/aromatic N) is 2. The van der Waals surface area contributed by atoms with Crippen LogP contribution in [0.2, 0.25) is 0 Å². The Balaban J connectivity index is 2.38. The first kappa shape index (κ1) is 13.0. The van der Waals surface area contributed by atoms with Crippen LogP contribution in [0.1, 0.15) is 19.4 Å². The number of aromatic nitrogens is 2. The number of rotatable bonds is 2. The molecule has 4 atom stereocenters. The third-order valence-corrected chi connectivity index (χ3v) is 3.68. The number of hydrogen-bond acceptors (Lipinski definition) is 6. The van der Waals surface area contributed by atoms with E-state index in [1.165, 1.54) is 16.8 Å². The van der Waals surface area contributed by atoms with Crippen LogP contribution in [0.4, 0.5) is 5.82 Å². The van der Waals surface area contributed by atoms with Gasteiger partial charge in [-0.2, -0.15) is 4.98 Å². The number of aliphatic hydroxyl groups excluding tert-OH is 3. The zero-order valence-corrected chi connectivity index (χ0v) is 10.0. The maximum Gasteiger partial charge on any atom is 0.349 e. The van der Waals surface area contributed by atoms with Gasteiger partial charge in [-0.05, 0) is 12.5 Å². The molecule has 1 aliphatic carbocycles. The lowest BCUT2D eigenvalue weighted by molar-refractivity contribution is -0.0407. The highest BCUT2D eigenvalue weighted by Crippen LogP contribution is 2.43. The predicted molar refractivity (Wildman–Crippen MR) is 63.8 cm³/mol. The lowest BCUT2D eigenvalue weighted by Gasteiger charge is -2.25. The Hall–Kier alpha value is -1.44. The minimum atomic E-state index is -1.12. The second-order valence-corrected chi connectivity index (χ2v) is 5.06. The molecular formula is C11H17N3O4. The first-order valence-electron chi connectivity index (χ1n) is 5.71. The highest BCUT2D eigenvalue weighted by Gasteiger charge is 2.50. The molecule has 18 heavy (non-hydrogen) atoms. The Morgan fingerprint density at radius 3 is 2.78 bits per heavy atom. The molecule has 0 aromatic carbocycles. The Morgan fingerprint density at radius 1 is 1.61 bits per heavy atom. The summed E-state index contributed by atoms with van der Waals surface area (Å²) >= 11 is 0. The van der Waals surface area contributed by atoms with Crippen LogP contribution in [0.3, 0.4) is 0 Å². The molecule has 0 spiro atoms. The fourth-order valence-corrected chi connectivity index (χ4v) is 2.44. The van der Waals surface area contributed by atoms with Gasteiger partial charge in [-0.3, -0.25) is 4.57 Å². The van der Waals surface area contributed by atoms with E-state index in [0.717, 1.165) is 0 Å². The van der Waals surface area contributed by atoms with Crippen molar-refractivity contribution < 1.29 is 15.3 Å². The molecule has 7 heteroatoms. The molecule has 100 valence electrons. The lowest BCUT2D eigenvalue weighted by Crippen LogP contribution is -2.38. The van der Waals surface area contributed by atoms with E-state index >= 15 is 0 Å². The normalized spacial score (nSPS) is 35.9. The van der Waals surface area contributed by atoms with Crippen LogP contribution < -0.4 is 11.4 Å². The number of nitrogens with two attached hydrogens (primary N) is 1. The summed E-state index contributed by atoms with van der Waals surface area (Å²) in [5.74, 6) is 0.106. The fourth-order valence-electron chi connectivity index (χ4n) is 2.44. The lowest BCUT2D eigenvalue weighted by atomic mass is 9.87. The maximum atomic E-state index is 11.7. The molecule has 1 aromatic rings. The Labute approximate surface area is 104 Å². The molecule has 2 rings (SSSR count). The van der Waals surface area contributed by atoms with E-state index in [-0.39, 0.29) is 18.8 Å². The summed E-state index contributed by atoms with van der Waals surface area (Å²) in [5.41, 5.74) is 3.99. The summed E-state index contributed by atoms with van der Waals surface area (Å²) in [6, 6.07) is 0.840. The van der Waals surface area contributed by atoms with Crippen molar-refractivity contribution in [1.29, 1.82) is 0 Å².